The highest BCUT2D eigenvalue weighted by molar-refractivity contribution is 5.79. The molecular formula is C76H131N7O14. The number of unbranched alkanes of at least 4 members (excludes halogenated alkanes) is 32. The zero-order chi connectivity index (χ0) is 70.8. The standard InChI is InChI=1S/C76H131N7O14/c1-3-5-7-9-11-13-15-17-19-21-23-25-27-29-31-33-35-37-39-41-43-45-47-70(84)77-49-57-94-61-63-96-59-51-79-72(86)65-82(68-75(90)91)55-53-81(67-74(88)89)54-56-83(69-76(92)93)66-73(87)80-52-60-97-64-62-95-58-50-78-71(85)48-46-44-42-40-38-36-34-32-30-28-26-24-22-20-18-16-14-12-10-8-6-4-2/h3-24,33-69H2,1-2H3,(H,77,84)(H,78,85)(H,79,86)(H,80,87)(H,88,89)(H,90,91)(H,92,93). The summed E-state index contributed by atoms with van der Waals surface area (Å²) >= 11 is 0. The number of aliphatic carboxylic acids is 3. The molecule has 0 saturated carbocycles. The molecule has 0 aliphatic rings. The summed E-state index contributed by atoms with van der Waals surface area (Å²) in [6.45, 7) is 5.78. The van der Waals surface area contributed by atoms with E-state index < -0.39 is 49.4 Å². The topological polar surface area (TPSA) is 275 Å². The van der Waals surface area contributed by atoms with Crippen LogP contribution >= 0.6 is 0 Å². The van der Waals surface area contributed by atoms with Crippen LogP contribution in [-0.4, -0.2) is 209 Å². The monoisotopic (exact) mass is 1370 g/mol. The van der Waals surface area contributed by atoms with E-state index in [9.17, 15) is 48.9 Å². The van der Waals surface area contributed by atoms with Crippen LogP contribution in [0.15, 0.2) is 0 Å². The van der Waals surface area contributed by atoms with Crippen LogP contribution in [0.25, 0.3) is 0 Å². The highest BCUT2D eigenvalue weighted by Crippen LogP contribution is 2.14. The Bertz CT molecular complexity index is 2100. The summed E-state index contributed by atoms with van der Waals surface area (Å²) < 4.78 is 22.2. The van der Waals surface area contributed by atoms with Crippen molar-refractivity contribution in [3.05, 3.63) is 0 Å². The number of nitrogens with zero attached hydrogens (tertiary/aromatic N) is 3. The number of carbonyl (C=O) groups is 7. The van der Waals surface area contributed by atoms with Crippen LogP contribution < -0.4 is 21.3 Å². The number of carboxylic acid groups (broad SMARTS) is 3. The van der Waals surface area contributed by atoms with Crippen molar-refractivity contribution in [1.82, 2.24) is 36.0 Å². The lowest BCUT2D eigenvalue weighted by molar-refractivity contribution is -0.141. The number of rotatable bonds is 70. The minimum atomic E-state index is -1.19. The number of carbonyl (C=O) groups excluding carboxylic acids is 4. The van der Waals surface area contributed by atoms with Crippen LogP contribution in [0.1, 0.15) is 258 Å². The van der Waals surface area contributed by atoms with Gasteiger partial charge < -0.3 is 55.5 Å². The van der Waals surface area contributed by atoms with Gasteiger partial charge in [-0.3, -0.25) is 48.3 Å². The summed E-state index contributed by atoms with van der Waals surface area (Å²) in [5, 5.41) is 39.8. The van der Waals surface area contributed by atoms with Crippen LogP contribution in [0.5, 0.6) is 0 Å². The van der Waals surface area contributed by atoms with Crippen molar-refractivity contribution < 1.29 is 67.8 Å². The van der Waals surface area contributed by atoms with Gasteiger partial charge in [-0.1, -0.05) is 204 Å². The van der Waals surface area contributed by atoms with E-state index >= 15 is 0 Å². The van der Waals surface area contributed by atoms with E-state index in [1.165, 1.54) is 143 Å². The first kappa shape index (κ1) is 91.2. The number of ether oxygens (including phenoxy) is 4. The molecule has 21 heteroatoms. The lowest BCUT2D eigenvalue weighted by Crippen LogP contribution is -2.47. The molecule has 0 atom stereocenters. The third-order valence-electron chi connectivity index (χ3n) is 16.0. The maximum atomic E-state index is 12.8. The van der Waals surface area contributed by atoms with Gasteiger partial charge in [0.25, 0.3) is 0 Å². The maximum absolute atomic E-state index is 12.8. The predicted molar refractivity (Wildman–Crippen MR) is 385 cm³/mol. The Morgan fingerprint density at radius 3 is 0.773 bits per heavy atom. The molecule has 0 aliphatic carbocycles. The summed E-state index contributed by atoms with van der Waals surface area (Å²) in [4.78, 5) is 89.4. The van der Waals surface area contributed by atoms with Gasteiger partial charge in [0, 0.05) is 90.9 Å². The molecule has 97 heavy (non-hydrogen) atoms. The minimum Gasteiger partial charge on any atom is -0.480 e. The van der Waals surface area contributed by atoms with E-state index in [0.29, 0.717) is 39.1 Å². The molecule has 0 bridgehead atoms. The van der Waals surface area contributed by atoms with Crippen molar-refractivity contribution in [2.45, 2.75) is 258 Å². The summed E-state index contributed by atoms with van der Waals surface area (Å²) in [6.07, 6.45) is 43.8. The fourth-order valence-electron chi connectivity index (χ4n) is 10.5. The molecule has 0 aliphatic heterocycles. The molecule has 7 N–H and O–H groups in total. The van der Waals surface area contributed by atoms with Crippen LogP contribution in [-0.2, 0) is 52.5 Å². The number of carboxylic acids is 3. The SMILES string of the molecule is CCCCCCCCCCCCC#CC#CCCCCCCCCC(=O)NCCOCCOCCNC(=O)CN(CCN(CCN(CC(=O)O)CC(=O)NCCOCCOCCNC(=O)CCCCCCCCC#CC#CCCCCCCCCCCCC)CC(=O)O)CC(=O)O. The summed E-state index contributed by atoms with van der Waals surface area (Å²) in [5.74, 6) is 20.3. The van der Waals surface area contributed by atoms with E-state index in [0.717, 1.165) is 103 Å². The maximum Gasteiger partial charge on any atom is 0.317 e. The van der Waals surface area contributed by atoms with E-state index in [1.54, 1.807) is 0 Å². The van der Waals surface area contributed by atoms with Gasteiger partial charge in [-0.15, -0.1) is 0 Å². The van der Waals surface area contributed by atoms with Crippen molar-refractivity contribution in [3.8, 4) is 47.4 Å². The summed E-state index contributed by atoms with van der Waals surface area (Å²) in [5.41, 5.74) is 0. The van der Waals surface area contributed by atoms with Crippen LogP contribution in [0, 0.1) is 47.4 Å². The lowest BCUT2D eigenvalue weighted by Gasteiger charge is -2.28. The van der Waals surface area contributed by atoms with Crippen molar-refractivity contribution in [3.63, 3.8) is 0 Å². The first-order valence-electron chi connectivity index (χ1n) is 37.5. The molecule has 0 aromatic carbocycles. The first-order chi connectivity index (χ1) is 47.4. The van der Waals surface area contributed by atoms with Crippen LogP contribution in [0.2, 0.25) is 0 Å². The van der Waals surface area contributed by atoms with Gasteiger partial charge in [-0.2, -0.15) is 0 Å². The second kappa shape index (κ2) is 73.0. The van der Waals surface area contributed by atoms with Gasteiger partial charge >= 0.3 is 17.9 Å². The zero-order valence-electron chi connectivity index (χ0n) is 60.4. The molecular weight excluding hydrogens is 1230 g/mol. The second-order valence-electron chi connectivity index (χ2n) is 25.0. The minimum absolute atomic E-state index is 0.000734. The highest BCUT2D eigenvalue weighted by Gasteiger charge is 2.20. The van der Waals surface area contributed by atoms with Crippen molar-refractivity contribution in [2.75, 3.05) is 138 Å². The van der Waals surface area contributed by atoms with Gasteiger partial charge in [0.05, 0.1) is 85.6 Å². The van der Waals surface area contributed by atoms with Crippen molar-refractivity contribution in [1.29, 1.82) is 0 Å². The molecule has 21 nitrogen and oxygen atoms in total. The van der Waals surface area contributed by atoms with E-state index in [2.05, 4.69) is 82.5 Å². The summed E-state index contributed by atoms with van der Waals surface area (Å²) in [6, 6.07) is 0. The summed E-state index contributed by atoms with van der Waals surface area (Å²) in [7, 11) is 0. The smallest absolute Gasteiger partial charge is 0.317 e. The third kappa shape index (κ3) is 72.8. The highest BCUT2D eigenvalue weighted by atomic mass is 16.5. The number of hydrogen-bond donors (Lipinski definition) is 7. The van der Waals surface area contributed by atoms with Gasteiger partial charge in [0.15, 0.2) is 0 Å². The quantitative estimate of drug-likeness (QED) is 0.0220. The Kier molecular flexibility index (Phi) is 68.7. The van der Waals surface area contributed by atoms with E-state index in [-0.39, 0.29) is 104 Å². The van der Waals surface area contributed by atoms with Gasteiger partial charge in [-0.05, 0) is 62.2 Å². The molecule has 4 amide bonds. The number of hydrogen-bond acceptors (Lipinski definition) is 14. The lowest BCUT2D eigenvalue weighted by atomic mass is 10.1. The van der Waals surface area contributed by atoms with Gasteiger partial charge in [0.1, 0.15) is 0 Å². The molecule has 554 valence electrons. The predicted octanol–water partition coefficient (Wildman–Crippen LogP) is 10.6. The Morgan fingerprint density at radius 2 is 0.505 bits per heavy atom. The fourth-order valence-corrected chi connectivity index (χ4v) is 10.5. The van der Waals surface area contributed by atoms with Crippen molar-refractivity contribution >= 4 is 41.5 Å². The normalized spacial score (nSPS) is 10.9. The Balaban J connectivity index is 4.13. The molecule has 0 saturated heterocycles. The molecule has 0 aromatic heterocycles. The molecule has 0 rings (SSSR count). The Labute approximate surface area is 586 Å². The fraction of sp³-hybridized carbons (Fsp3) is 0.803. The van der Waals surface area contributed by atoms with Gasteiger partial charge in [-0.25, -0.2) is 0 Å². The van der Waals surface area contributed by atoms with E-state index in [4.69, 9.17) is 18.9 Å². The average molecular weight is 1370 g/mol. The third-order valence-corrected chi connectivity index (χ3v) is 16.0. The Morgan fingerprint density at radius 1 is 0.278 bits per heavy atom. The second-order valence-corrected chi connectivity index (χ2v) is 25.0. The molecule has 0 heterocycles. The molecule has 0 fully saturated rings. The Hall–Kier alpha value is -5.75. The molecule has 0 aromatic rings. The largest absolute Gasteiger partial charge is 0.480 e. The number of nitrogens with one attached hydrogen (secondary N) is 4. The van der Waals surface area contributed by atoms with Crippen molar-refractivity contribution in [2.24, 2.45) is 0 Å². The molecule has 0 unspecified atom stereocenters. The van der Waals surface area contributed by atoms with Crippen LogP contribution in [0.3, 0.4) is 0 Å². The molecule has 0 radical (unpaired) electrons. The number of amides is 4. The average Bonchev–Trinajstić information content (AvgIpc) is 2.31. The first-order valence-corrected chi connectivity index (χ1v) is 37.5. The van der Waals surface area contributed by atoms with Crippen LogP contribution in [0.4, 0.5) is 0 Å². The van der Waals surface area contributed by atoms with Gasteiger partial charge in [0.2, 0.25) is 23.6 Å². The zero-order valence-corrected chi connectivity index (χ0v) is 60.4. The van der Waals surface area contributed by atoms with E-state index in [1.807, 2.05) is 0 Å². The molecule has 0 spiro atoms.